The number of benzene rings is 2. The minimum Gasteiger partial charge on any atom is -0.496 e. The smallest absolute Gasteiger partial charge is 0.416 e. The Labute approximate surface area is 170 Å². The van der Waals surface area contributed by atoms with Crippen LogP contribution in [0.5, 0.6) is 5.75 Å². The molecule has 6 nitrogen and oxygen atoms in total. The summed E-state index contributed by atoms with van der Waals surface area (Å²) < 4.78 is 51.7. The van der Waals surface area contributed by atoms with E-state index in [0.717, 1.165) is 17.7 Å². The van der Waals surface area contributed by atoms with Gasteiger partial charge in [0.05, 0.1) is 25.0 Å². The van der Waals surface area contributed by atoms with Crippen LogP contribution in [0.3, 0.4) is 0 Å². The van der Waals surface area contributed by atoms with Gasteiger partial charge in [-0.25, -0.2) is 0 Å². The molecule has 0 bridgehead atoms. The highest BCUT2D eigenvalue weighted by Gasteiger charge is 2.33. The maximum Gasteiger partial charge on any atom is 0.416 e. The summed E-state index contributed by atoms with van der Waals surface area (Å²) in [6, 6.07) is 8.57. The van der Waals surface area contributed by atoms with E-state index in [9.17, 15) is 23.1 Å². The van der Waals surface area contributed by atoms with Crippen LogP contribution in [0.25, 0.3) is 11.1 Å². The van der Waals surface area contributed by atoms with Crippen molar-refractivity contribution in [1.29, 1.82) is 0 Å². The third-order valence-corrected chi connectivity index (χ3v) is 4.63. The maximum absolute atomic E-state index is 13.7. The maximum atomic E-state index is 13.7. The molecule has 1 unspecified atom stereocenters. The molecule has 0 saturated heterocycles. The number of para-hydroxylation sites is 1. The van der Waals surface area contributed by atoms with E-state index >= 15 is 0 Å². The first-order valence-electron chi connectivity index (χ1n) is 8.98. The summed E-state index contributed by atoms with van der Waals surface area (Å²) in [6.07, 6.45) is -5.15. The molecule has 0 aliphatic rings. The van der Waals surface area contributed by atoms with Crippen molar-refractivity contribution in [2.45, 2.75) is 32.4 Å². The summed E-state index contributed by atoms with van der Waals surface area (Å²) in [4.78, 5) is 11.4. The Kier molecular flexibility index (Phi) is 5.82. The van der Waals surface area contributed by atoms with Gasteiger partial charge in [0.1, 0.15) is 5.75 Å². The number of rotatable bonds is 6. The molecule has 2 aromatic carbocycles. The molecule has 0 radical (unpaired) electrons. The number of hydrogen-bond donors (Lipinski definition) is 1. The molecule has 3 rings (SSSR count). The number of aryl methyl sites for hydroxylation is 2. The van der Waals surface area contributed by atoms with Gasteiger partial charge in [-0.05, 0) is 35.7 Å². The fourth-order valence-electron chi connectivity index (χ4n) is 3.30. The number of halogens is 3. The number of aromatic nitrogens is 2. The van der Waals surface area contributed by atoms with Gasteiger partial charge >= 0.3 is 12.1 Å². The standard InChI is InChI=1S/C21H19F3N2O4/c1-11-5-4-6-16(19(11)29-3)13-7-14(9-15(8-13)21(22,23)24)17(10-18(27)28)20-26-25-12(2)30-20/h4-9,17H,10H2,1-3H3,(H,27,28). The van der Waals surface area contributed by atoms with Crippen LogP contribution in [0.1, 0.15) is 40.8 Å². The Morgan fingerprint density at radius 2 is 1.93 bits per heavy atom. The molecule has 0 spiro atoms. The molecular weight excluding hydrogens is 401 g/mol. The molecule has 0 aliphatic carbocycles. The highest BCUT2D eigenvalue weighted by atomic mass is 19.4. The quantitative estimate of drug-likeness (QED) is 0.605. The first-order chi connectivity index (χ1) is 14.1. The summed E-state index contributed by atoms with van der Waals surface area (Å²) in [5.74, 6) is -1.68. The first kappa shape index (κ1) is 21.4. The van der Waals surface area contributed by atoms with Gasteiger partial charge < -0.3 is 14.3 Å². The lowest BCUT2D eigenvalue weighted by atomic mass is 9.89. The lowest BCUT2D eigenvalue weighted by Crippen LogP contribution is -2.12. The number of carbonyl (C=O) groups is 1. The Morgan fingerprint density at radius 3 is 2.50 bits per heavy atom. The van der Waals surface area contributed by atoms with Crippen molar-refractivity contribution in [2.24, 2.45) is 0 Å². The topological polar surface area (TPSA) is 85.5 Å². The van der Waals surface area contributed by atoms with Gasteiger partial charge in [-0.1, -0.05) is 24.3 Å². The summed E-state index contributed by atoms with van der Waals surface area (Å²) in [6.45, 7) is 3.30. The molecular formula is C21H19F3N2O4. The van der Waals surface area contributed by atoms with Gasteiger partial charge in [-0.2, -0.15) is 13.2 Å². The molecule has 3 aromatic rings. The van der Waals surface area contributed by atoms with Crippen LogP contribution in [0.4, 0.5) is 13.2 Å². The van der Waals surface area contributed by atoms with Crippen LogP contribution >= 0.6 is 0 Å². The van der Waals surface area contributed by atoms with E-state index in [0.29, 0.717) is 11.3 Å². The average Bonchev–Trinajstić information content (AvgIpc) is 3.10. The second kappa shape index (κ2) is 8.17. The van der Waals surface area contributed by atoms with Crippen molar-refractivity contribution < 1.29 is 32.2 Å². The number of methoxy groups -OCH3 is 1. The van der Waals surface area contributed by atoms with Gasteiger partial charge in [0.25, 0.3) is 0 Å². The number of aliphatic carboxylic acids is 1. The number of nitrogens with zero attached hydrogens (tertiary/aromatic N) is 2. The highest BCUT2D eigenvalue weighted by molar-refractivity contribution is 5.74. The van der Waals surface area contributed by atoms with Crippen molar-refractivity contribution in [1.82, 2.24) is 10.2 Å². The monoisotopic (exact) mass is 420 g/mol. The summed E-state index contributed by atoms with van der Waals surface area (Å²) in [7, 11) is 1.44. The molecule has 1 heterocycles. The van der Waals surface area contributed by atoms with Gasteiger partial charge in [0, 0.05) is 12.5 Å². The molecule has 0 amide bonds. The third-order valence-electron chi connectivity index (χ3n) is 4.63. The van der Waals surface area contributed by atoms with Gasteiger partial charge in [0.15, 0.2) is 0 Å². The van der Waals surface area contributed by atoms with E-state index in [1.165, 1.54) is 20.1 Å². The number of carboxylic acids is 1. The van der Waals surface area contributed by atoms with E-state index in [4.69, 9.17) is 9.15 Å². The minimum atomic E-state index is -4.64. The second-order valence-corrected chi connectivity index (χ2v) is 6.81. The molecule has 1 N–H and O–H groups in total. The molecule has 0 aliphatic heterocycles. The van der Waals surface area contributed by atoms with Gasteiger partial charge in [-0.3, -0.25) is 4.79 Å². The van der Waals surface area contributed by atoms with Crippen LogP contribution in [0, 0.1) is 13.8 Å². The zero-order chi connectivity index (χ0) is 22.1. The van der Waals surface area contributed by atoms with E-state index in [1.807, 2.05) is 0 Å². The Bertz CT molecular complexity index is 1080. The minimum absolute atomic E-state index is 0.0589. The Morgan fingerprint density at radius 1 is 1.20 bits per heavy atom. The average molecular weight is 420 g/mol. The molecule has 0 fully saturated rings. The highest BCUT2D eigenvalue weighted by Crippen LogP contribution is 2.40. The predicted molar refractivity (Wildman–Crippen MR) is 101 cm³/mol. The van der Waals surface area contributed by atoms with Crippen molar-refractivity contribution >= 4 is 5.97 Å². The summed E-state index contributed by atoms with van der Waals surface area (Å²) in [5, 5.41) is 16.8. The number of ether oxygens (including phenoxy) is 1. The second-order valence-electron chi connectivity index (χ2n) is 6.81. The molecule has 0 saturated carbocycles. The Hall–Kier alpha value is -3.36. The van der Waals surface area contributed by atoms with Crippen LogP contribution in [0.2, 0.25) is 0 Å². The zero-order valence-corrected chi connectivity index (χ0v) is 16.4. The van der Waals surface area contributed by atoms with E-state index in [1.54, 1.807) is 25.1 Å². The number of hydrogen-bond acceptors (Lipinski definition) is 5. The van der Waals surface area contributed by atoms with Crippen molar-refractivity contribution in [3.63, 3.8) is 0 Å². The third kappa shape index (κ3) is 4.45. The van der Waals surface area contributed by atoms with Crippen LogP contribution in [-0.2, 0) is 11.0 Å². The molecule has 158 valence electrons. The van der Waals surface area contributed by atoms with E-state index < -0.39 is 30.0 Å². The van der Waals surface area contributed by atoms with Crippen molar-refractivity contribution in [2.75, 3.05) is 7.11 Å². The molecule has 1 atom stereocenters. The van der Waals surface area contributed by atoms with Crippen LogP contribution < -0.4 is 4.74 Å². The fourth-order valence-corrected chi connectivity index (χ4v) is 3.30. The van der Waals surface area contributed by atoms with Gasteiger partial charge in [0.2, 0.25) is 11.8 Å². The molecule has 30 heavy (non-hydrogen) atoms. The molecule has 1 aromatic heterocycles. The SMILES string of the molecule is COc1c(C)cccc1-c1cc(C(CC(=O)O)c2nnc(C)o2)cc(C(F)(F)F)c1. The van der Waals surface area contributed by atoms with Crippen LogP contribution in [0.15, 0.2) is 40.8 Å². The van der Waals surface area contributed by atoms with Crippen LogP contribution in [-0.4, -0.2) is 28.4 Å². The number of carboxylic acid groups (broad SMARTS) is 1. The Balaban J connectivity index is 2.25. The lowest BCUT2D eigenvalue weighted by Gasteiger charge is -2.18. The lowest BCUT2D eigenvalue weighted by molar-refractivity contribution is -0.138. The first-order valence-corrected chi connectivity index (χ1v) is 8.98. The fraction of sp³-hybridized carbons (Fsp3) is 0.286. The van der Waals surface area contributed by atoms with E-state index in [2.05, 4.69) is 10.2 Å². The van der Waals surface area contributed by atoms with Crippen molar-refractivity contribution in [3.8, 4) is 16.9 Å². The van der Waals surface area contributed by atoms with E-state index in [-0.39, 0.29) is 22.9 Å². The van der Waals surface area contributed by atoms with Crippen molar-refractivity contribution in [3.05, 3.63) is 64.9 Å². The van der Waals surface area contributed by atoms with Gasteiger partial charge in [-0.15, -0.1) is 10.2 Å². The molecule has 9 heteroatoms. The summed E-state index contributed by atoms with van der Waals surface area (Å²) >= 11 is 0. The summed E-state index contributed by atoms with van der Waals surface area (Å²) in [5.41, 5.74) is 0.649. The number of alkyl halides is 3. The zero-order valence-electron chi connectivity index (χ0n) is 16.4. The normalized spacial score (nSPS) is 12.6. The largest absolute Gasteiger partial charge is 0.496 e. The predicted octanol–water partition coefficient (Wildman–Crippen LogP) is 4.99.